The fourth-order valence-corrected chi connectivity index (χ4v) is 2.71. The summed E-state index contributed by atoms with van der Waals surface area (Å²) >= 11 is 0. The lowest BCUT2D eigenvalue weighted by Crippen LogP contribution is -2.22. The monoisotopic (exact) mass is 316 g/mol. The first kappa shape index (κ1) is 17.2. The van der Waals surface area contributed by atoms with Crippen molar-refractivity contribution < 1.29 is 0 Å². The van der Waals surface area contributed by atoms with Gasteiger partial charge in [-0.15, -0.1) is 24.8 Å². The Balaban J connectivity index is 0.000001000. The molecular formula is C14H22Cl2N4. The van der Waals surface area contributed by atoms with Crippen LogP contribution in [0.4, 0.5) is 0 Å². The number of fused-ring (bicyclic) bond motifs is 1. The van der Waals surface area contributed by atoms with Crippen molar-refractivity contribution in [2.45, 2.75) is 19.9 Å². The second-order valence-corrected chi connectivity index (χ2v) is 5.33. The summed E-state index contributed by atoms with van der Waals surface area (Å²) in [5.74, 6) is 0.671. The predicted molar refractivity (Wildman–Crippen MR) is 86.9 cm³/mol. The maximum Gasteiger partial charge on any atom is 0.137 e. The van der Waals surface area contributed by atoms with Crippen LogP contribution in [0.2, 0.25) is 0 Å². The van der Waals surface area contributed by atoms with Crippen LogP contribution in [0.3, 0.4) is 0 Å². The third kappa shape index (κ3) is 3.64. The number of pyridine rings is 1. The van der Waals surface area contributed by atoms with E-state index in [0.29, 0.717) is 5.92 Å². The minimum atomic E-state index is 0. The molecule has 1 aliphatic rings. The fourth-order valence-electron chi connectivity index (χ4n) is 2.71. The van der Waals surface area contributed by atoms with E-state index in [0.717, 1.165) is 37.5 Å². The van der Waals surface area contributed by atoms with Gasteiger partial charge in [0.15, 0.2) is 0 Å². The Morgan fingerprint density at radius 2 is 2.10 bits per heavy atom. The van der Waals surface area contributed by atoms with E-state index in [2.05, 4.69) is 45.7 Å². The maximum atomic E-state index is 5.72. The lowest BCUT2D eigenvalue weighted by Gasteiger charge is -2.13. The van der Waals surface area contributed by atoms with Gasteiger partial charge in [-0.3, -0.25) is 4.90 Å². The number of nitrogens with zero attached hydrogens (tertiary/aromatic N) is 3. The van der Waals surface area contributed by atoms with Gasteiger partial charge in [-0.2, -0.15) is 0 Å². The van der Waals surface area contributed by atoms with E-state index in [1.807, 2.05) is 0 Å². The van der Waals surface area contributed by atoms with Crippen LogP contribution in [-0.2, 0) is 6.54 Å². The molecule has 2 aromatic heterocycles. The summed E-state index contributed by atoms with van der Waals surface area (Å²) in [5.41, 5.74) is 9.16. The third-order valence-corrected chi connectivity index (χ3v) is 3.74. The quantitative estimate of drug-likeness (QED) is 0.945. The van der Waals surface area contributed by atoms with Crippen LogP contribution < -0.4 is 5.73 Å². The topological polar surface area (TPSA) is 46.6 Å². The molecular weight excluding hydrogens is 295 g/mol. The molecule has 1 saturated heterocycles. The van der Waals surface area contributed by atoms with E-state index < -0.39 is 0 Å². The van der Waals surface area contributed by atoms with Crippen molar-refractivity contribution in [3.63, 3.8) is 0 Å². The molecule has 1 fully saturated rings. The molecule has 1 atom stereocenters. The summed E-state index contributed by atoms with van der Waals surface area (Å²) in [6, 6.07) is 4.18. The fraction of sp³-hybridized carbons (Fsp3) is 0.500. The average Bonchev–Trinajstić information content (AvgIpc) is 2.95. The Bertz CT molecular complexity index is 555. The van der Waals surface area contributed by atoms with Gasteiger partial charge < -0.3 is 10.1 Å². The van der Waals surface area contributed by atoms with E-state index >= 15 is 0 Å². The smallest absolute Gasteiger partial charge is 0.137 e. The second-order valence-electron chi connectivity index (χ2n) is 5.33. The molecule has 20 heavy (non-hydrogen) atoms. The van der Waals surface area contributed by atoms with Crippen molar-refractivity contribution in [2.75, 3.05) is 19.6 Å². The van der Waals surface area contributed by atoms with E-state index in [9.17, 15) is 0 Å². The molecule has 0 radical (unpaired) electrons. The van der Waals surface area contributed by atoms with E-state index in [1.165, 1.54) is 12.0 Å². The predicted octanol–water partition coefficient (Wildman–Crippen LogP) is 2.27. The van der Waals surface area contributed by atoms with Crippen LogP contribution in [0.5, 0.6) is 0 Å². The number of halogens is 2. The van der Waals surface area contributed by atoms with Crippen molar-refractivity contribution in [1.82, 2.24) is 14.3 Å². The first-order valence-electron chi connectivity index (χ1n) is 6.61. The first-order chi connectivity index (χ1) is 8.74. The minimum Gasteiger partial charge on any atom is -0.330 e. The van der Waals surface area contributed by atoms with Crippen molar-refractivity contribution in [1.29, 1.82) is 0 Å². The summed E-state index contributed by atoms with van der Waals surface area (Å²) < 4.78 is 2.11. The number of imidazole rings is 1. The van der Waals surface area contributed by atoms with Crippen molar-refractivity contribution in [2.24, 2.45) is 11.7 Å². The molecule has 0 amide bonds. The number of hydrogen-bond donors (Lipinski definition) is 1. The highest BCUT2D eigenvalue weighted by Crippen LogP contribution is 2.17. The Morgan fingerprint density at radius 1 is 1.30 bits per heavy atom. The average molecular weight is 317 g/mol. The molecule has 3 rings (SSSR count). The SMILES string of the molecule is Cc1ccc2nc(CN3CCC(CN)C3)cn2c1.Cl.Cl. The van der Waals surface area contributed by atoms with Crippen LogP contribution in [0.15, 0.2) is 24.5 Å². The molecule has 6 heteroatoms. The molecule has 4 nitrogen and oxygen atoms in total. The largest absolute Gasteiger partial charge is 0.330 e. The van der Waals surface area contributed by atoms with Crippen LogP contribution in [0, 0.1) is 12.8 Å². The van der Waals surface area contributed by atoms with Crippen LogP contribution in [0.1, 0.15) is 17.7 Å². The zero-order chi connectivity index (χ0) is 12.5. The van der Waals surface area contributed by atoms with Gasteiger partial charge >= 0.3 is 0 Å². The number of aryl methyl sites for hydroxylation is 1. The van der Waals surface area contributed by atoms with Gasteiger partial charge in [0.1, 0.15) is 5.65 Å². The highest BCUT2D eigenvalue weighted by molar-refractivity contribution is 5.85. The lowest BCUT2D eigenvalue weighted by atomic mass is 10.1. The summed E-state index contributed by atoms with van der Waals surface area (Å²) in [6.07, 6.45) is 5.49. The standard InChI is InChI=1S/C14H20N4.2ClH/c1-11-2-3-14-16-13(10-18(14)7-11)9-17-5-4-12(6-15)8-17;;/h2-3,7,10,12H,4-6,8-9,15H2,1H3;2*1H. The van der Waals surface area contributed by atoms with Gasteiger partial charge in [0.05, 0.1) is 5.69 Å². The first-order valence-corrected chi connectivity index (χ1v) is 6.61. The number of aromatic nitrogens is 2. The van der Waals surface area contributed by atoms with E-state index in [1.54, 1.807) is 0 Å². The summed E-state index contributed by atoms with van der Waals surface area (Å²) in [5, 5.41) is 0. The normalized spacial score (nSPS) is 18.8. The van der Waals surface area contributed by atoms with Crippen molar-refractivity contribution >= 4 is 30.5 Å². The Labute approximate surface area is 132 Å². The summed E-state index contributed by atoms with van der Waals surface area (Å²) in [7, 11) is 0. The summed E-state index contributed by atoms with van der Waals surface area (Å²) in [6.45, 7) is 6.11. The van der Waals surface area contributed by atoms with Gasteiger partial charge in [-0.25, -0.2) is 4.98 Å². The molecule has 0 spiro atoms. The molecule has 0 aromatic carbocycles. The lowest BCUT2D eigenvalue weighted by molar-refractivity contribution is 0.314. The van der Waals surface area contributed by atoms with Gasteiger partial charge in [-0.1, -0.05) is 6.07 Å². The molecule has 0 aliphatic carbocycles. The molecule has 0 bridgehead atoms. The van der Waals surface area contributed by atoms with Crippen molar-refractivity contribution in [3.8, 4) is 0 Å². The van der Waals surface area contributed by atoms with Crippen molar-refractivity contribution in [3.05, 3.63) is 35.8 Å². The van der Waals surface area contributed by atoms with Gasteiger partial charge in [0, 0.05) is 25.5 Å². The number of rotatable bonds is 3. The van der Waals surface area contributed by atoms with Crippen LogP contribution in [0.25, 0.3) is 5.65 Å². The Morgan fingerprint density at radius 3 is 2.80 bits per heavy atom. The zero-order valence-electron chi connectivity index (χ0n) is 11.7. The zero-order valence-corrected chi connectivity index (χ0v) is 13.3. The van der Waals surface area contributed by atoms with Gasteiger partial charge in [0.2, 0.25) is 0 Å². The van der Waals surface area contributed by atoms with E-state index in [4.69, 9.17) is 5.73 Å². The number of hydrogen-bond acceptors (Lipinski definition) is 3. The van der Waals surface area contributed by atoms with E-state index in [-0.39, 0.29) is 24.8 Å². The van der Waals surface area contributed by atoms with Gasteiger partial charge in [0.25, 0.3) is 0 Å². The molecule has 3 heterocycles. The molecule has 2 aromatic rings. The van der Waals surface area contributed by atoms with Crippen LogP contribution in [-0.4, -0.2) is 33.9 Å². The molecule has 1 unspecified atom stereocenters. The molecule has 2 N–H and O–H groups in total. The van der Waals surface area contributed by atoms with Crippen LogP contribution >= 0.6 is 24.8 Å². The maximum absolute atomic E-state index is 5.72. The van der Waals surface area contributed by atoms with Gasteiger partial charge in [-0.05, 0) is 44.0 Å². The molecule has 1 aliphatic heterocycles. The Hall–Kier alpha value is -0.810. The summed E-state index contributed by atoms with van der Waals surface area (Å²) in [4.78, 5) is 7.11. The molecule has 112 valence electrons. The second kappa shape index (κ2) is 7.27. The minimum absolute atomic E-state index is 0. The highest BCUT2D eigenvalue weighted by Gasteiger charge is 2.21. The number of likely N-dealkylation sites (tertiary alicyclic amines) is 1. The third-order valence-electron chi connectivity index (χ3n) is 3.74. The molecule has 0 saturated carbocycles. The Kier molecular flexibility index (Phi) is 6.27. The highest BCUT2D eigenvalue weighted by atomic mass is 35.5. The number of nitrogens with two attached hydrogens (primary N) is 1.